The number of halogens is 1. The molecule has 0 atom stereocenters. The van der Waals surface area contributed by atoms with Gasteiger partial charge in [-0.1, -0.05) is 6.92 Å². The van der Waals surface area contributed by atoms with Gasteiger partial charge in [-0.2, -0.15) is 0 Å². The third-order valence-corrected chi connectivity index (χ3v) is 3.30. The molecule has 0 aliphatic carbocycles. The second-order valence-electron chi connectivity index (χ2n) is 4.90. The number of rotatable bonds is 7. The quantitative estimate of drug-likeness (QED) is 0.783. The average Bonchev–Trinajstić information content (AvgIpc) is 2.51. The third-order valence-electron chi connectivity index (χ3n) is 3.30. The number of pyridine rings is 1. The van der Waals surface area contributed by atoms with Gasteiger partial charge in [0.25, 0.3) is 0 Å². The summed E-state index contributed by atoms with van der Waals surface area (Å²) in [5, 5.41) is 3.35. The van der Waals surface area contributed by atoms with Gasteiger partial charge in [0.1, 0.15) is 5.82 Å². The van der Waals surface area contributed by atoms with Gasteiger partial charge in [-0.25, -0.2) is 4.39 Å². The Morgan fingerprint density at radius 2 is 1.86 bits per heavy atom. The zero-order valence-corrected chi connectivity index (χ0v) is 12.6. The van der Waals surface area contributed by atoms with Crippen molar-refractivity contribution in [1.82, 2.24) is 10.3 Å². The van der Waals surface area contributed by atoms with Crippen LogP contribution in [0.25, 0.3) is 0 Å². The molecule has 1 heterocycles. The van der Waals surface area contributed by atoms with Crippen LogP contribution in [0.4, 0.5) is 15.8 Å². The van der Waals surface area contributed by atoms with Crippen molar-refractivity contribution in [3.05, 3.63) is 54.1 Å². The van der Waals surface area contributed by atoms with Crippen molar-refractivity contribution in [2.45, 2.75) is 26.8 Å². The van der Waals surface area contributed by atoms with Crippen LogP contribution in [0, 0.1) is 5.82 Å². The number of nitrogens with zero attached hydrogens (tertiary/aromatic N) is 2. The first-order valence-corrected chi connectivity index (χ1v) is 7.43. The Morgan fingerprint density at radius 1 is 1.10 bits per heavy atom. The molecule has 0 unspecified atom stereocenters. The first kappa shape index (κ1) is 15.4. The Kier molecular flexibility index (Phi) is 5.69. The topological polar surface area (TPSA) is 28.2 Å². The van der Waals surface area contributed by atoms with Crippen molar-refractivity contribution in [2.24, 2.45) is 0 Å². The molecule has 0 radical (unpaired) electrons. The second-order valence-corrected chi connectivity index (χ2v) is 4.90. The van der Waals surface area contributed by atoms with E-state index in [1.807, 2.05) is 12.3 Å². The van der Waals surface area contributed by atoms with Gasteiger partial charge in [-0.05, 0) is 56.3 Å². The largest absolute Gasteiger partial charge is 0.342 e. The number of anilines is 2. The van der Waals surface area contributed by atoms with Crippen molar-refractivity contribution in [3.8, 4) is 0 Å². The van der Waals surface area contributed by atoms with Gasteiger partial charge in [0.05, 0.1) is 5.69 Å². The minimum Gasteiger partial charge on any atom is -0.342 e. The van der Waals surface area contributed by atoms with E-state index >= 15 is 0 Å². The van der Waals surface area contributed by atoms with Crippen LogP contribution in [0.5, 0.6) is 0 Å². The van der Waals surface area contributed by atoms with E-state index in [0.29, 0.717) is 0 Å². The van der Waals surface area contributed by atoms with Gasteiger partial charge in [-0.15, -0.1) is 0 Å². The van der Waals surface area contributed by atoms with Crippen molar-refractivity contribution in [2.75, 3.05) is 18.0 Å². The van der Waals surface area contributed by atoms with Gasteiger partial charge in [0, 0.05) is 30.7 Å². The molecule has 1 aromatic heterocycles. The van der Waals surface area contributed by atoms with Crippen LogP contribution < -0.4 is 10.2 Å². The van der Waals surface area contributed by atoms with Crippen molar-refractivity contribution in [3.63, 3.8) is 0 Å². The predicted molar refractivity (Wildman–Crippen MR) is 85.3 cm³/mol. The van der Waals surface area contributed by atoms with Crippen LogP contribution in [0.2, 0.25) is 0 Å². The molecule has 2 rings (SSSR count). The van der Waals surface area contributed by atoms with E-state index in [9.17, 15) is 4.39 Å². The number of benzene rings is 1. The van der Waals surface area contributed by atoms with E-state index in [1.54, 1.807) is 12.1 Å². The molecule has 0 fully saturated rings. The fourth-order valence-electron chi connectivity index (χ4n) is 2.26. The highest BCUT2D eigenvalue weighted by Crippen LogP contribution is 2.25. The Hall–Kier alpha value is -1.94. The van der Waals surface area contributed by atoms with Crippen LogP contribution in [0.3, 0.4) is 0 Å². The average molecular weight is 287 g/mol. The standard InChI is InChI=1S/C17H22FN3/c1-3-10-19-13-15-12-17(9-11-20-15)21(4-2)16-7-5-14(18)6-8-16/h5-9,11-12,19H,3-4,10,13H2,1-2H3. The minimum absolute atomic E-state index is 0.214. The zero-order valence-electron chi connectivity index (χ0n) is 12.6. The van der Waals surface area contributed by atoms with Gasteiger partial charge in [-0.3, -0.25) is 4.98 Å². The lowest BCUT2D eigenvalue weighted by molar-refractivity contribution is 0.628. The van der Waals surface area contributed by atoms with Crippen LogP contribution in [0.15, 0.2) is 42.6 Å². The smallest absolute Gasteiger partial charge is 0.123 e. The highest BCUT2D eigenvalue weighted by atomic mass is 19.1. The summed E-state index contributed by atoms with van der Waals surface area (Å²) in [5.41, 5.74) is 3.08. The maximum atomic E-state index is 13.1. The van der Waals surface area contributed by atoms with Crippen LogP contribution >= 0.6 is 0 Å². The van der Waals surface area contributed by atoms with E-state index < -0.39 is 0 Å². The summed E-state index contributed by atoms with van der Waals surface area (Å²) in [7, 11) is 0. The SMILES string of the molecule is CCCNCc1cc(N(CC)c2ccc(F)cc2)ccn1. The Balaban J connectivity index is 2.17. The number of hydrogen-bond donors (Lipinski definition) is 1. The molecule has 3 nitrogen and oxygen atoms in total. The maximum absolute atomic E-state index is 13.1. The first-order chi connectivity index (χ1) is 10.2. The van der Waals surface area contributed by atoms with Crippen LogP contribution in [-0.4, -0.2) is 18.1 Å². The van der Waals surface area contributed by atoms with Crippen LogP contribution in [-0.2, 0) is 6.54 Å². The number of aromatic nitrogens is 1. The number of nitrogens with one attached hydrogen (secondary N) is 1. The molecule has 1 aromatic carbocycles. The highest BCUT2D eigenvalue weighted by Gasteiger charge is 2.08. The number of hydrogen-bond acceptors (Lipinski definition) is 3. The maximum Gasteiger partial charge on any atom is 0.123 e. The molecular weight excluding hydrogens is 265 g/mol. The van der Waals surface area contributed by atoms with Crippen molar-refractivity contribution >= 4 is 11.4 Å². The monoisotopic (exact) mass is 287 g/mol. The summed E-state index contributed by atoms with van der Waals surface area (Å²) >= 11 is 0. The van der Waals surface area contributed by atoms with E-state index in [-0.39, 0.29) is 5.82 Å². The van der Waals surface area contributed by atoms with Crippen molar-refractivity contribution < 1.29 is 4.39 Å². The van der Waals surface area contributed by atoms with E-state index in [2.05, 4.69) is 35.1 Å². The Labute approximate surface area is 125 Å². The predicted octanol–water partition coefficient (Wildman–Crippen LogP) is 3.88. The summed E-state index contributed by atoms with van der Waals surface area (Å²) in [6, 6.07) is 10.6. The fraction of sp³-hybridized carbons (Fsp3) is 0.353. The van der Waals surface area contributed by atoms with Crippen LogP contribution in [0.1, 0.15) is 26.0 Å². The molecule has 0 amide bonds. The molecule has 0 aliphatic rings. The first-order valence-electron chi connectivity index (χ1n) is 7.43. The van der Waals surface area contributed by atoms with Crippen molar-refractivity contribution in [1.29, 1.82) is 0 Å². The molecule has 0 saturated carbocycles. The lowest BCUT2D eigenvalue weighted by Crippen LogP contribution is -2.18. The van der Waals surface area contributed by atoms with E-state index in [0.717, 1.165) is 43.1 Å². The molecule has 112 valence electrons. The summed E-state index contributed by atoms with van der Waals surface area (Å²) in [6.45, 7) is 6.80. The van der Waals surface area contributed by atoms with Gasteiger partial charge >= 0.3 is 0 Å². The molecule has 21 heavy (non-hydrogen) atoms. The highest BCUT2D eigenvalue weighted by molar-refractivity contribution is 5.63. The van der Waals surface area contributed by atoms with Gasteiger partial charge < -0.3 is 10.2 Å². The molecule has 0 bridgehead atoms. The fourth-order valence-corrected chi connectivity index (χ4v) is 2.26. The van der Waals surface area contributed by atoms with E-state index in [1.165, 1.54) is 12.1 Å². The molecule has 2 aromatic rings. The molecule has 0 saturated heterocycles. The lowest BCUT2D eigenvalue weighted by atomic mass is 10.2. The second kappa shape index (κ2) is 7.74. The van der Waals surface area contributed by atoms with Gasteiger partial charge in [0.15, 0.2) is 0 Å². The minimum atomic E-state index is -0.214. The molecule has 4 heteroatoms. The lowest BCUT2D eigenvalue weighted by Gasteiger charge is -2.23. The molecular formula is C17H22FN3. The molecule has 0 spiro atoms. The zero-order chi connectivity index (χ0) is 15.1. The molecule has 0 aliphatic heterocycles. The summed E-state index contributed by atoms with van der Waals surface area (Å²) in [4.78, 5) is 6.53. The van der Waals surface area contributed by atoms with Gasteiger partial charge in [0.2, 0.25) is 0 Å². The Bertz CT molecular complexity index is 554. The third kappa shape index (κ3) is 4.26. The Morgan fingerprint density at radius 3 is 2.52 bits per heavy atom. The summed E-state index contributed by atoms with van der Waals surface area (Å²) in [6.07, 6.45) is 2.93. The summed E-state index contributed by atoms with van der Waals surface area (Å²) in [5.74, 6) is -0.214. The normalized spacial score (nSPS) is 10.6. The molecule has 1 N–H and O–H groups in total. The summed E-state index contributed by atoms with van der Waals surface area (Å²) < 4.78 is 13.1. The van der Waals surface area contributed by atoms with E-state index in [4.69, 9.17) is 0 Å².